The molecule has 1 aliphatic rings. The number of nitrogens with zero attached hydrogens (tertiary/aromatic N) is 4. The summed E-state index contributed by atoms with van der Waals surface area (Å²) in [4.78, 5) is 13.1. The second-order valence-corrected chi connectivity index (χ2v) is 5.51. The summed E-state index contributed by atoms with van der Waals surface area (Å²) >= 11 is 1.70. The van der Waals surface area contributed by atoms with Crippen molar-refractivity contribution < 1.29 is 9.90 Å². The summed E-state index contributed by atoms with van der Waals surface area (Å²) in [7, 11) is 0. The van der Waals surface area contributed by atoms with Gasteiger partial charge in [0, 0.05) is 19.1 Å². The molecule has 0 bridgehead atoms. The Bertz CT molecular complexity index is 574. The molecule has 0 radical (unpaired) electrons. The first-order valence-electron chi connectivity index (χ1n) is 6.06. The molecule has 1 saturated heterocycles. The van der Waals surface area contributed by atoms with Gasteiger partial charge in [-0.1, -0.05) is 5.21 Å². The van der Waals surface area contributed by atoms with Gasteiger partial charge in [-0.15, -0.1) is 5.10 Å². The molecule has 0 saturated carbocycles. The van der Waals surface area contributed by atoms with Crippen molar-refractivity contribution in [1.82, 2.24) is 19.9 Å². The lowest BCUT2D eigenvalue weighted by Gasteiger charge is -2.42. The van der Waals surface area contributed by atoms with Crippen molar-refractivity contribution in [3.05, 3.63) is 34.3 Å². The fourth-order valence-corrected chi connectivity index (χ4v) is 3.00. The molecule has 1 N–H and O–H groups in total. The van der Waals surface area contributed by atoms with Crippen LogP contribution >= 0.6 is 11.3 Å². The third kappa shape index (κ3) is 2.26. The highest BCUT2D eigenvalue weighted by molar-refractivity contribution is 7.07. The fraction of sp³-hybridized carbons (Fsp3) is 0.417. The van der Waals surface area contributed by atoms with E-state index < -0.39 is 5.97 Å². The van der Waals surface area contributed by atoms with Crippen molar-refractivity contribution in [2.24, 2.45) is 0 Å². The first kappa shape index (κ1) is 12.3. The van der Waals surface area contributed by atoms with Crippen molar-refractivity contribution in [3.8, 4) is 0 Å². The average Bonchev–Trinajstić information content (AvgIpc) is 2.98. The molecule has 1 unspecified atom stereocenters. The fourth-order valence-electron chi connectivity index (χ4n) is 2.25. The molecule has 2 aromatic heterocycles. The molecule has 100 valence electrons. The topological polar surface area (TPSA) is 71.2 Å². The van der Waals surface area contributed by atoms with Crippen LogP contribution in [0.3, 0.4) is 0 Å². The zero-order chi connectivity index (χ0) is 13.4. The number of likely N-dealkylation sites (tertiary alicyclic amines) is 1. The van der Waals surface area contributed by atoms with Crippen molar-refractivity contribution in [1.29, 1.82) is 0 Å². The first-order valence-corrected chi connectivity index (χ1v) is 7.00. The van der Waals surface area contributed by atoms with Gasteiger partial charge in [0.1, 0.15) is 0 Å². The molecule has 0 spiro atoms. The Hall–Kier alpha value is -1.73. The lowest BCUT2D eigenvalue weighted by atomic mass is 10.0. The normalized spacial score (nSPS) is 18.2. The van der Waals surface area contributed by atoms with Crippen molar-refractivity contribution in [3.63, 3.8) is 0 Å². The second-order valence-electron chi connectivity index (χ2n) is 4.73. The number of hydrogen-bond acceptors (Lipinski definition) is 5. The van der Waals surface area contributed by atoms with Crippen LogP contribution in [0.25, 0.3) is 0 Å². The minimum Gasteiger partial charge on any atom is -0.476 e. The summed E-state index contributed by atoms with van der Waals surface area (Å²) in [6, 6.07) is 2.76. The Kier molecular flexibility index (Phi) is 3.08. The van der Waals surface area contributed by atoms with Crippen LogP contribution in [0.4, 0.5) is 0 Å². The van der Waals surface area contributed by atoms with Gasteiger partial charge in [0.15, 0.2) is 5.69 Å². The number of hydrogen-bond donors (Lipinski definition) is 1. The molecule has 6 nitrogen and oxygen atoms in total. The molecule has 7 heteroatoms. The summed E-state index contributed by atoms with van der Waals surface area (Å²) in [5.41, 5.74) is 1.33. The van der Waals surface area contributed by atoms with Crippen molar-refractivity contribution >= 4 is 17.3 Å². The van der Waals surface area contributed by atoms with Crippen LogP contribution in [-0.2, 0) is 0 Å². The van der Waals surface area contributed by atoms with Crippen LogP contribution in [0.15, 0.2) is 23.0 Å². The largest absolute Gasteiger partial charge is 0.476 e. The number of thiophene rings is 1. The quantitative estimate of drug-likeness (QED) is 0.921. The van der Waals surface area contributed by atoms with E-state index in [1.54, 1.807) is 16.0 Å². The Morgan fingerprint density at radius 2 is 2.37 bits per heavy atom. The Morgan fingerprint density at radius 1 is 1.58 bits per heavy atom. The van der Waals surface area contributed by atoms with Crippen LogP contribution in [-0.4, -0.2) is 44.1 Å². The predicted molar refractivity (Wildman–Crippen MR) is 70.3 cm³/mol. The van der Waals surface area contributed by atoms with E-state index in [1.807, 2.05) is 0 Å². The second kappa shape index (κ2) is 4.75. The van der Waals surface area contributed by atoms with Crippen LogP contribution in [0.1, 0.15) is 35.1 Å². The van der Waals surface area contributed by atoms with Crippen LogP contribution < -0.4 is 0 Å². The summed E-state index contributed by atoms with van der Waals surface area (Å²) in [6.07, 6.45) is 1.50. The summed E-state index contributed by atoms with van der Waals surface area (Å²) in [5, 5.41) is 20.6. The third-order valence-electron chi connectivity index (χ3n) is 3.57. The number of carbonyl (C=O) groups is 1. The maximum absolute atomic E-state index is 10.7. The minimum atomic E-state index is -1.03. The van der Waals surface area contributed by atoms with Gasteiger partial charge in [-0.05, 0) is 29.3 Å². The van der Waals surface area contributed by atoms with Crippen molar-refractivity contribution in [2.45, 2.75) is 19.0 Å². The van der Waals surface area contributed by atoms with Gasteiger partial charge in [0.05, 0.1) is 12.2 Å². The van der Waals surface area contributed by atoms with E-state index in [0.717, 1.165) is 13.1 Å². The lowest BCUT2D eigenvalue weighted by Crippen LogP contribution is -2.48. The summed E-state index contributed by atoms with van der Waals surface area (Å²) in [6.45, 7) is 3.93. The lowest BCUT2D eigenvalue weighted by molar-refractivity contribution is 0.0587. The number of aromatic nitrogens is 3. The Morgan fingerprint density at radius 3 is 2.95 bits per heavy atom. The van der Waals surface area contributed by atoms with Gasteiger partial charge in [0.2, 0.25) is 0 Å². The summed E-state index contributed by atoms with van der Waals surface area (Å²) < 4.78 is 1.65. The standard InChI is InChI=1S/C12H14N4O2S/c1-8(9-2-3-19-7-9)15-4-10(5-15)16-6-11(12(17)18)13-14-16/h2-3,6-8,10H,4-5H2,1H3,(H,17,18). The molecule has 1 fully saturated rings. The highest BCUT2D eigenvalue weighted by atomic mass is 32.1. The summed E-state index contributed by atoms with van der Waals surface area (Å²) in [5.74, 6) is -1.03. The average molecular weight is 278 g/mol. The van der Waals surface area contributed by atoms with Gasteiger partial charge in [-0.3, -0.25) is 4.90 Å². The molecule has 3 rings (SSSR count). The van der Waals surface area contributed by atoms with Gasteiger partial charge < -0.3 is 5.11 Å². The van der Waals surface area contributed by atoms with Crippen LogP contribution in [0.5, 0.6) is 0 Å². The van der Waals surface area contributed by atoms with Gasteiger partial charge in [0.25, 0.3) is 0 Å². The van der Waals surface area contributed by atoms with E-state index >= 15 is 0 Å². The highest BCUT2D eigenvalue weighted by Gasteiger charge is 2.33. The molecule has 0 amide bonds. The molecule has 2 aromatic rings. The zero-order valence-corrected chi connectivity index (χ0v) is 11.2. The van der Waals surface area contributed by atoms with Crippen LogP contribution in [0.2, 0.25) is 0 Å². The maximum Gasteiger partial charge on any atom is 0.358 e. The first-order chi connectivity index (χ1) is 9.15. The molecular weight excluding hydrogens is 264 g/mol. The zero-order valence-electron chi connectivity index (χ0n) is 10.4. The molecule has 1 atom stereocenters. The predicted octanol–water partition coefficient (Wildman–Crippen LogP) is 1.66. The number of carboxylic acids is 1. The van der Waals surface area contributed by atoms with Gasteiger partial charge >= 0.3 is 5.97 Å². The van der Waals surface area contributed by atoms with E-state index in [-0.39, 0.29) is 11.7 Å². The molecule has 0 aromatic carbocycles. The van der Waals surface area contributed by atoms with E-state index in [9.17, 15) is 4.79 Å². The highest BCUT2D eigenvalue weighted by Crippen LogP contribution is 2.31. The maximum atomic E-state index is 10.7. The van der Waals surface area contributed by atoms with E-state index in [4.69, 9.17) is 5.11 Å². The van der Waals surface area contributed by atoms with Crippen molar-refractivity contribution in [2.75, 3.05) is 13.1 Å². The van der Waals surface area contributed by atoms with E-state index in [2.05, 4.69) is 39.0 Å². The monoisotopic (exact) mass is 278 g/mol. The van der Waals surface area contributed by atoms with Gasteiger partial charge in [-0.2, -0.15) is 11.3 Å². The Labute approximate surface area is 114 Å². The molecule has 0 aliphatic carbocycles. The molecular formula is C12H14N4O2S. The molecule has 3 heterocycles. The number of aromatic carboxylic acids is 1. The third-order valence-corrected chi connectivity index (χ3v) is 4.27. The van der Waals surface area contributed by atoms with Gasteiger partial charge in [-0.25, -0.2) is 9.48 Å². The molecule has 19 heavy (non-hydrogen) atoms. The number of carboxylic acid groups (broad SMARTS) is 1. The Balaban J connectivity index is 1.61. The van der Waals surface area contributed by atoms with E-state index in [0.29, 0.717) is 6.04 Å². The smallest absolute Gasteiger partial charge is 0.358 e. The van der Waals surface area contributed by atoms with Crippen LogP contribution in [0, 0.1) is 0 Å². The molecule has 1 aliphatic heterocycles. The SMILES string of the molecule is CC(c1ccsc1)N1CC(n2cc(C(=O)O)nn2)C1. The minimum absolute atomic E-state index is 0.00401. The van der Waals surface area contributed by atoms with E-state index in [1.165, 1.54) is 11.8 Å². The number of rotatable bonds is 4.